The number of nitrogens with one attached hydrogen (secondary N) is 2. The maximum absolute atomic E-state index is 14.5. The Labute approximate surface area is 360 Å². The Morgan fingerprint density at radius 2 is 1.13 bits per heavy atom. The number of hydrogen-bond acceptors (Lipinski definition) is 12. The molecule has 5 N–H and O–H groups in total. The molecule has 0 aliphatic carbocycles. The summed E-state index contributed by atoms with van der Waals surface area (Å²) in [6, 6.07) is 11.4. The Morgan fingerprint density at radius 1 is 0.698 bits per heavy atom. The SMILES string of the molecule is CC(C)(C)C(Cc1cc(-c2ccncc2F)n(S(=O)(=O)c2cccnc2)c1)NC(=O)O.CNCc1cc(-c2ccncc2F)n(S(=O)(=O)c2cccnc2)c1.O=C(O)C=CC(=O)O. The molecule has 6 aromatic heterocycles. The minimum absolute atomic E-state index is 0.0346. The van der Waals surface area contributed by atoms with Crippen molar-refractivity contribution in [3.63, 3.8) is 0 Å². The van der Waals surface area contributed by atoms with Crippen molar-refractivity contribution in [2.75, 3.05) is 7.05 Å². The fraction of sp³-hybridized carbons (Fsp3) is 0.195. The van der Waals surface area contributed by atoms with E-state index in [0.29, 0.717) is 24.3 Å². The molecule has 0 aromatic carbocycles. The minimum Gasteiger partial charge on any atom is -0.478 e. The highest BCUT2D eigenvalue weighted by Gasteiger charge is 2.30. The minimum atomic E-state index is -4.08. The molecule has 63 heavy (non-hydrogen) atoms. The third kappa shape index (κ3) is 12.9. The van der Waals surface area contributed by atoms with Crippen molar-refractivity contribution in [3.05, 3.63) is 145 Å². The first-order chi connectivity index (χ1) is 29.7. The van der Waals surface area contributed by atoms with E-state index in [1.165, 1.54) is 86.0 Å². The number of nitrogens with zero attached hydrogens (tertiary/aromatic N) is 6. The molecule has 0 spiro atoms. The van der Waals surface area contributed by atoms with Crippen molar-refractivity contribution < 1.29 is 55.3 Å². The van der Waals surface area contributed by atoms with E-state index in [1.54, 1.807) is 19.2 Å². The van der Waals surface area contributed by atoms with Gasteiger partial charge in [-0.2, -0.15) is 0 Å². The average Bonchev–Trinajstić information content (AvgIpc) is 3.87. The van der Waals surface area contributed by atoms with Crippen LogP contribution >= 0.6 is 0 Å². The van der Waals surface area contributed by atoms with Gasteiger partial charge in [-0.25, -0.2) is 47.9 Å². The van der Waals surface area contributed by atoms with Gasteiger partial charge < -0.3 is 26.0 Å². The summed E-state index contributed by atoms with van der Waals surface area (Å²) < 4.78 is 83.1. The molecule has 1 unspecified atom stereocenters. The van der Waals surface area contributed by atoms with E-state index in [9.17, 15) is 45.1 Å². The Morgan fingerprint density at radius 3 is 1.49 bits per heavy atom. The third-order valence-electron chi connectivity index (χ3n) is 8.70. The lowest BCUT2D eigenvalue weighted by Gasteiger charge is -2.30. The quantitative estimate of drug-likeness (QED) is 0.0921. The molecule has 6 heterocycles. The van der Waals surface area contributed by atoms with Gasteiger partial charge in [0.25, 0.3) is 20.0 Å². The topological polar surface area (TPSA) is 266 Å². The number of aromatic nitrogens is 6. The molecule has 0 fully saturated rings. The van der Waals surface area contributed by atoms with Crippen molar-refractivity contribution in [1.82, 2.24) is 38.5 Å². The fourth-order valence-corrected chi connectivity index (χ4v) is 8.40. The van der Waals surface area contributed by atoms with Gasteiger partial charge in [0.15, 0.2) is 11.6 Å². The van der Waals surface area contributed by atoms with Crippen molar-refractivity contribution in [3.8, 4) is 22.5 Å². The van der Waals surface area contributed by atoms with E-state index >= 15 is 0 Å². The molecule has 0 radical (unpaired) electrons. The molecule has 0 saturated carbocycles. The highest BCUT2D eigenvalue weighted by atomic mass is 32.2. The van der Waals surface area contributed by atoms with Crippen LogP contribution in [0.4, 0.5) is 13.6 Å². The number of carboxylic acid groups (broad SMARTS) is 3. The molecule has 18 nitrogen and oxygen atoms in total. The highest BCUT2D eigenvalue weighted by Crippen LogP contribution is 2.32. The normalized spacial score (nSPS) is 12.0. The Kier molecular flexibility index (Phi) is 16.2. The Balaban J connectivity index is 0.000000241. The largest absolute Gasteiger partial charge is 0.478 e. The van der Waals surface area contributed by atoms with Crippen LogP contribution in [-0.2, 0) is 42.6 Å². The van der Waals surface area contributed by atoms with Crippen LogP contribution in [0.15, 0.2) is 132 Å². The van der Waals surface area contributed by atoms with Crippen molar-refractivity contribution in [2.45, 2.75) is 49.6 Å². The number of amides is 1. The van der Waals surface area contributed by atoms with Gasteiger partial charge in [-0.3, -0.25) is 19.9 Å². The molecular weight excluding hydrogens is 867 g/mol. The summed E-state index contributed by atoms with van der Waals surface area (Å²) in [6.45, 7) is 6.08. The monoisotopic (exact) mass is 908 g/mol. The van der Waals surface area contributed by atoms with Crippen LogP contribution in [0.25, 0.3) is 22.5 Å². The number of halogens is 2. The zero-order valence-electron chi connectivity index (χ0n) is 34.0. The molecule has 1 amide bonds. The second-order valence-electron chi connectivity index (χ2n) is 14.3. The van der Waals surface area contributed by atoms with Crippen molar-refractivity contribution >= 4 is 38.1 Å². The van der Waals surface area contributed by atoms with Gasteiger partial charge in [0.05, 0.1) is 23.8 Å². The molecular formula is C41H42F2N8O10S2. The molecule has 0 saturated heterocycles. The molecule has 332 valence electrons. The van der Waals surface area contributed by atoms with Gasteiger partial charge in [0, 0.05) is 85.4 Å². The number of aliphatic carboxylic acids is 2. The van der Waals surface area contributed by atoms with E-state index in [1.807, 2.05) is 20.8 Å². The van der Waals surface area contributed by atoms with Gasteiger partial charge in [-0.15, -0.1) is 0 Å². The summed E-state index contributed by atoms with van der Waals surface area (Å²) in [5.41, 5.74) is 1.39. The first kappa shape index (κ1) is 48.5. The van der Waals surface area contributed by atoms with Crippen LogP contribution in [-0.4, -0.2) is 91.2 Å². The first-order valence-corrected chi connectivity index (χ1v) is 21.3. The van der Waals surface area contributed by atoms with Gasteiger partial charge in [0.1, 0.15) is 9.79 Å². The predicted octanol–water partition coefficient (Wildman–Crippen LogP) is 5.30. The van der Waals surface area contributed by atoms with E-state index < -0.39 is 61.2 Å². The maximum Gasteiger partial charge on any atom is 0.404 e. The summed E-state index contributed by atoms with van der Waals surface area (Å²) >= 11 is 0. The van der Waals surface area contributed by atoms with Crippen LogP contribution in [0, 0.1) is 17.0 Å². The number of carbonyl (C=O) groups is 3. The second-order valence-corrected chi connectivity index (χ2v) is 17.9. The number of carboxylic acids is 2. The third-order valence-corrected chi connectivity index (χ3v) is 12.0. The summed E-state index contributed by atoms with van der Waals surface area (Å²) in [7, 11) is -6.22. The standard InChI is InChI=1S/C21H23FN4O4S.C16H15FN4O2S.C4H4O4/c1-21(2,3)19(25-20(27)28)10-14-9-18(16-6-8-24-12-17(16)22)26(13-14)31(29,30)15-5-4-7-23-11-15;1-18-8-12-7-16(14-4-6-20-10-15(14)17)21(11-12)24(22,23)13-3-2-5-19-9-13;5-3(6)1-2-4(7)8/h4-9,11-13,19,25H,10H2,1-3H3,(H,27,28);2-7,9-11,18H,8H2,1H3;1-2H,(H,5,6)(H,7,8). The lowest BCUT2D eigenvalue weighted by atomic mass is 9.83. The van der Waals surface area contributed by atoms with E-state index in [2.05, 4.69) is 30.6 Å². The first-order valence-electron chi connectivity index (χ1n) is 18.4. The lowest BCUT2D eigenvalue weighted by molar-refractivity contribution is -0.134. The smallest absolute Gasteiger partial charge is 0.404 e. The van der Waals surface area contributed by atoms with Crippen molar-refractivity contribution in [1.29, 1.82) is 0 Å². The highest BCUT2D eigenvalue weighted by molar-refractivity contribution is 7.90. The van der Waals surface area contributed by atoms with Gasteiger partial charge in [-0.1, -0.05) is 20.8 Å². The fourth-order valence-electron chi connectivity index (χ4n) is 5.69. The molecule has 1 atom stereocenters. The molecule has 0 aliphatic rings. The number of hydrogen-bond donors (Lipinski definition) is 5. The van der Waals surface area contributed by atoms with E-state index in [-0.39, 0.29) is 38.7 Å². The zero-order chi connectivity index (χ0) is 46.5. The van der Waals surface area contributed by atoms with E-state index in [4.69, 9.17) is 10.2 Å². The average molecular weight is 909 g/mol. The Bertz CT molecular complexity index is 2780. The molecule has 6 aromatic rings. The van der Waals surface area contributed by atoms with Gasteiger partial charge >= 0.3 is 18.0 Å². The van der Waals surface area contributed by atoms with Crippen molar-refractivity contribution in [2.24, 2.45) is 5.41 Å². The van der Waals surface area contributed by atoms with Crippen LogP contribution in [0.2, 0.25) is 0 Å². The van der Waals surface area contributed by atoms with Crippen LogP contribution < -0.4 is 10.6 Å². The number of rotatable bonds is 13. The van der Waals surface area contributed by atoms with Crippen LogP contribution in [0.3, 0.4) is 0 Å². The summed E-state index contributed by atoms with van der Waals surface area (Å²) in [6.07, 6.45) is 13.3. The summed E-state index contributed by atoms with van der Waals surface area (Å²) in [5.74, 6) is -3.78. The number of pyridine rings is 4. The molecule has 0 bridgehead atoms. The zero-order valence-corrected chi connectivity index (χ0v) is 35.6. The summed E-state index contributed by atoms with van der Waals surface area (Å²) in [4.78, 5) is 45.5. The van der Waals surface area contributed by atoms with Crippen LogP contribution in [0.5, 0.6) is 0 Å². The molecule has 6 rings (SSSR count). The second kappa shape index (κ2) is 21.1. The van der Waals surface area contributed by atoms with Gasteiger partial charge in [-0.05, 0) is 78.5 Å². The molecule has 0 aliphatic heterocycles. The lowest BCUT2D eigenvalue weighted by Crippen LogP contribution is -2.44. The summed E-state index contributed by atoms with van der Waals surface area (Å²) in [5, 5.41) is 30.3. The molecule has 22 heteroatoms. The predicted molar refractivity (Wildman–Crippen MR) is 224 cm³/mol. The maximum atomic E-state index is 14.5. The van der Waals surface area contributed by atoms with E-state index in [0.717, 1.165) is 25.9 Å². The van der Waals surface area contributed by atoms with Crippen LogP contribution in [0.1, 0.15) is 31.9 Å². The Hall–Kier alpha value is -7.17. The van der Waals surface area contributed by atoms with Gasteiger partial charge in [0.2, 0.25) is 0 Å².